The molecule has 190 valence electrons. The maximum Gasteiger partial charge on any atom is 0.261 e. The molecule has 2 aromatic heterocycles. The van der Waals surface area contributed by atoms with Crippen molar-refractivity contribution in [2.24, 2.45) is 0 Å². The van der Waals surface area contributed by atoms with E-state index in [2.05, 4.69) is 19.9 Å². The van der Waals surface area contributed by atoms with Gasteiger partial charge in [0.05, 0.1) is 29.2 Å². The number of anilines is 1. The molecule has 0 aliphatic rings. The first-order valence-electron chi connectivity index (χ1n) is 11.2. The molecule has 37 heavy (non-hydrogen) atoms. The quantitative estimate of drug-likeness (QED) is 0.319. The maximum atomic E-state index is 14.9. The molecule has 0 spiro atoms. The smallest absolute Gasteiger partial charge is 0.261 e. The van der Waals surface area contributed by atoms with Crippen LogP contribution in [-0.2, 0) is 22.2 Å². The predicted molar refractivity (Wildman–Crippen MR) is 132 cm³/mol. The Bertz CT molecular complexity index is 1660. The Morgan fingerprint density at radius 2 is 1.84 bits per heavy atom. The summed E-state index contributed by atoms with van der Waals surface area (Å²) in [6.45, 7) is 1.46. The van der Waals surface area contributed by atoms with Crippen molar-refractivity contribution < 1.29 is 22.3 Å². The minimum atomic E-state index is -3.79. The second-order valence-electron chi connectivity index (χ2n) is 8.60. The molecule has 5 aromatic rings. The van der Waals surface area contributed by atoms with E-state index in [1.54, 1.807) is 43.3 Å². The van der Waals surface area contributed by atoms with Crippen LogP contribution in [0.25, 0.3) is 10.9 Å². The van der Waals surface area contributed by atoms with Crippen LogP contribution in [0.1, 0.15) is 18.5 Å². The van der Waals surface area contributed by atoms with Crippen molar-refractivity contribution in [3.05, 3.63) is 103 Å². The van der Waals surface area contributed by atoms with Crippen LogP contribution in [0.15, 0.2) is 90.5 Å². The average molecular weight is 525 g/mol. The number of nitrogens with zero attached hydrogens (tertiary/aromatic N) is 5. The predicted octanol–water partition coefficient (Wildman–Crippen LogP) is 3.86. The molecule has 0 aliphatic heterocycles. The summed E-state index contributed by atoms with van der Waals surface area (Å²) < 4.78 is 59.4. The number of hydrogen-bond acceptors (Lipinski definition) is 6. The monoisotopic (exact) mass is 524 g/mol. The lowest BCUT2D eigenvalue weighted by Gasteiger charge is -2.35. The third-order valence-electron chi connectivity index (χ3n) is 6.23. The van der Waals surface area contributed by atoms with E-state index in [4.69, 9.17) is 0 Å². The summed E-state index contributed by atoms with van der Waals surface area (Å²) in [5.41, 5.74) is -1.15. The SMILES string of the molecule is C[C@@H](n1ncc2cc(NS(=O)(=O)c3ccccc3)ccc21)[C@](O)(Cn1cncn1)c1ccc(F)cc1F. The molecule has 9 nitrogen and oxygen atoms in total. The van der Waals surface area contributed by atoms with Crippen molar-refractivity contribution >= 4 is 26.6 Å². The van der Waals surface area contributed by atoms with Gasteiger partial charge in [-0.15, -0.1) is 0 Å². The van der Waals surface area contributed by atoms with Gasteiger partial charge in [-0.1, -0.05) is 24.3 Å². The third kappa shape index (κ3) is 4.68. The van der Waals surface area contributed by atoms with Crippen molar-refractivity contribution in [2.45, 2.75) is 30.0 Å². The second kappa shape index (κ2) is 9.37. The van der Waals surface area contributed by atoms with Crippen LogP contribution in [-0.4, -0.2) is 38.1 Å². The number of aromatic nitrogens is 5. The van der Waals surface area contributed by atoms with Crippen LogP contribution in [0.3, 0.4) is 0 Å². The summed E-state index contributed by atoms with van der Waals surface area (Å²) in [6, 6.07) is 14.9. The fourth-order valence-corrected chi connectivity index (χ4v) is 5.36. The van der Waals surface area contributed by atoms with Crippen LogP contribution < -0.4 is 4.72 Å². The molecule has 0 amide bonds. The summed E-state index contributed by atoms with van der Waals surface area (Å²) >= 11 is 0. The number of rotatable bonds is 8. The zero-order valence-corrected chi connectivity index (χ0v) is 20.3. The summed E-state index contributed by atoms with van der Waals surface area (Å²) in [4.78, 5) is 4.00. The van der Waals surface area contributed by atoms with Gasteiger partial charge in [-0.2, -0.15) is 10.2 Å². The van der Waals surface area contributed by atoms with Gasteiger partial charge >= 0.3 is 0 Å². The molecule has 0 radical (unpaired) electrons. The van der Waals surface area contributed by atoms with Gasteiger partial charge in [0, 0.05) is 22.7 Å². The normalized spacial score (nSPS) is 14.4. The summed E-state index contributed by atoms with van der Waals surface area (Å²) in [5, 5.41) is 20.9. The first-order chi connectivity index (χ1) is 17.7. The molecule has 3 aromatic carbocycles. The van der Waals surface area contributed by atoms with Gasteiger partial charge in [0.15, 0.2) is 0 Å². The van der Waals surface area contributed by atoms with Gasteiger partial charge in [-0.25, -0.2) is 26.9 Å². The zero-order valence-electron chi connectivity index (χ0n) is 19.5. The fourth-order valence-electron chi connectivity index (χ4n) is 4.29. The fraction of sp³-hybridized carbons (Fsp3) is 0.160. The number of hydrogen-bond donors (Lipinski definition) is 2. The number of sulfonamides is 1. The minimum Gasteiger partial charge on any atom is -0.381 e. The van der Waals surface area contributed by atoms with Gasteiger partial charge in [-0.3, -0.25) is 9.40 Å². The Morgan fingerprint density at radius 3 is 2.54 bits per heavy atom. The lowest BCUT2D eigenvalue weighted by atomic mass is 9.86. The van der Waals surface area contributed by atoms with Gasteiger partial charge in [0.2, 0.25) is 0 Å². The molecule has 0 bridgehead atoms. The first-order valence-corrected chi connectivity index (χ1v) is 12.7. The molecular formula is C25H22F2N6O3S. The van der Waals surface area contributed by atoms with Gasteiger partial charge in [0.1, 0.15) is 29.9 Å². The van der Waals surface area contributed by atoms with Crippen molar-refractivity contribution in [3.63, 3.8) is 0 Å². The lowest BCUT2D eigenvalue weighted by Crippen LogP contribution is -2.41. The van der Waals surface area contributed by atoms with E-state index in [9.17, 15) is 22.3 Å². The van der Waals surface area contributed by atoms with E-state index in [0.717, 1.165) is 6.07 Å². The highest BCUT2D eigenvalue weighted by Crippen LogP contribution is 2.38. The molecule has 0 saturated carbocycles. The Hall–Kier alpha value is -4.16. The molecule has 0 unspecified atom stereocenters. The van der Waals surface area contributed by atoms with E-state index in [0.29, 0.717) is 22.7 Å². The van der Waals surface area contributed by atoms with E-state index < -0.39 is 33.3 Å². The Labute approximate surface area is 211 Å². The van der Waals surface area contributed by atoms with Crippen LogP contribution in [0.2, 0.25) is 0 Å². The van der Waals surface area contributed by atoms with E-state index in [1.807, 2.05) is 0 Å². The number of nitrogens with one attached hydrogen (secondary N) is 1. The number of fused-ring (bicyclic) bond motifs is 1. The van der Waals surface area contributed by atoms with Gasteiger partial charge in [0.25, 0.3) is 10.0 Å². The van der Waals surface area contributed by atoms with E-state index in [-0.39, 0.29) is 17.0 Å². The first kappa shape index (κ1) is 24.5. The largest absolute Gasteiger partial charge is 0.381 e. The number of aliphatic hydroxyl groups is 1. The lowest BCUT2D eigenvalue weighted by molar-refractivity contribution is -0.0354. The van der Waals surface area contributed by atoms with Crippen LogP contribution >= 0.6 is 0 Å². The molecular weight excluding hydrogens is 502 g/mol. The number of halogens is 2. The average Bonchev–Trinajstić information content (AvgIpc) is 3.53. The van der Waals surface area contributed by atoms with Crippen molar-refractivity contribution in [2.75, 3.05) is 4.72 Å². The van der Waals surface area contributed by atoms with Crippen LogP contribution in [0.4, 0.5) is 14.5 Å². The van der Waals surface area contributed by atoms with Crippen molar-refractivity contribution in [3.8, 4) is 0 Å². The summed E-state index contributed by atoms with van der Waals surface area (Å²) in [5.74, 6) is -1.68. The van der Waals surface area contributed by atoms with Crippen LogP contribution in [0.5, 0.6) is 0 Å². The zero-order chi connectivity index (χ0) is 26.2. The van der Waals surface area contributed by atoms with Gasteiger partial charge in [-0.05, 0) is 43.3 Å². The molecule has 2 atom stereocenters. The standard InChI is InChI=1S/C25H22F2N6O3S/c1-17(25(34,14-32-16-28-15-30-32)22-9-7-19(26)12-23(22)27)33-24-10-8-20(11-18(24)13-29-33)31-37(35,36)21-5-3-2-4-6-21/h2-13,15-17,31,34H,14H2,1H3/t17-,25-/m1/s1. The van der Waals surface area contributed by atoms with Crippen molar-refractivity contribution in [1.29, 1.82) is 0 Å². The highest BCUT2D eigenvalue weighted by atomic mass is 32.2. The molecule has 5 rings (SSSR count). The summed E-state index contributed by atoms with van der Waals surface area (Å²) in [7, 11) is -3.79. The van der Waals surface area contributed by atoms with Crippen molar-refractivity contribution in [1.82, 2.24) is 24.5 Å². The Balaban J connectivity index is 1.52. The third-order valence-corrected chi connectivity index (χ3v) is 7.62. The number of benzene rings is 3. The Kier molecular flexibility index (Phi) is 6.21. The van der Waals surface area contributed by atoms with E-state index in [1.165, 1.54) is 46.4 Å². The molecule has 0 saturated heterocycles. The second-order valence-corrected chi connectivity index (χ2v) is 10.3. The molecule has 12 heteroatoms. The van der Waals surface area contributed by atoms with E-state index >= 15 is 0 Å². The maximum absolute atomic E-state index is 14.9. The van der Waals surface area contributed by atoms with Crippen LogP contribution in [0, 0.1) is 11.6 Å². The molecule has 2 N–H and O–H groups in total. The molecule has 0 fully saturated rings. The molecule has 2 heterocycles. The Morgan fingerprint density at radius 1 is 1.05 bits per heavy atom. The highest BCUT2D eigenvalue weighted by molar-refractivity contribution is 7.92. The summed E-state index contributed by atoms with van der Waals surface area (Å²) in [6.07, 6.45) is 4.18. The van der Waals surface area contributed by atoms with Gasteiger partial charge < -0.3 is 5.11 Å². The molecule has 0 aliphatic carbocycles. The topological polar surface area (TPSA) is 115 Å². The highest BCUT2D eigenvalue weighted by Gasteiger charge is 2.41. The minimum absolute atomic E-state index is 0.124.